The molecule has 2 fully saturated rings. The second-order valence-electron chi connectivity index (χ2n) is 7.81. The molecular weight excluding hydrogens is 338 g/mol. The van der Waals surface area contributed by atoms with Gasteiger partial charge >= 0.3 is 6.03 Å². The van der Waals surface area contributed by atoms with Crippen molar-refractivity contribution in [3.63, 3.8) is 0 Å². The van der Waals surface area contributed by atoms with Crippen LogP contribution in [0.4, 0.5) is 16.3 Å². The summed E-state index contributed by atoms with van der Waals surface area (Å²) in [6, 6.07) is 8.59. The van der Waals surface area contributed by atoms with Crippen molar-refractivity contribution >= 4 is 17.5 Å². The number of aryl methyl sites for hydroxylation is 1. The summed E-state index contributed by atoms with van der Waals surface area (Å²) >= 11 is 0. The van der Waals surface area contributed by atoms with E-state index in [-0.39, 0.29) is 12.1 Å². The van der Waals surface area contributed by atoms with Crippen molar-refractivity contribution in [3.05, 3.63) is 36.2 Å². The number of fused-ring (bicyclic) bond motifs is 4. The van der Waals surface area contributed by atoms with E-state index in [9.17, 15) is 4.79 Å². The number of hydrogen-bond donors (Lipinski definition) is 0. The maximum Gasteiger partial charge on any atom is 0.326 e. The Bertz CT molecular complexity index is 877. The Labute approximate surface area is 159 Å². The first-order valence-corrected chi connectivity index (χ1v) is 9.98. The molecule has 5 heterocycles. The molecule has 0 aromatic carbocycles. The van der Waals surface area contributed by atoms with Crippen LogP contribution in [0.2, 0.25) is 0 Å². The molecule has 6 nitrogen and oxygen atoms in total. The monoisotopic (exact) mass is 363 g/mol. The smallest absolute Gasteiger partial charge is 0.326 e. The summed E-state index contributed by atoms with van der Waals surface area (Å²) in [7, 11) is 0. The predicted octanol–water partition coefficient (Wildman–Crippen LogP) is 3.46. The number of likely N-dealkylation sites (tertiary alicyclic amines) is 1. The van der Waals surface area contributed by atoms with Gasteiger partial charge in [-0.05, 0) is 56.9 Å². The predicted molar refractivity (Wildman–Crippen MR) is 106 cm³/mol. The minimum absolute atomic E-state index is 0.137. The fourth-order valence-corrected chi connectivity index (χ4v) is 4.56. The maximum absolute atomic E-state index is 13.4. The van der Waals surface area contributed by atoms with Gasteiger partial charge in [-0.3, -0.25) is 9.88 Å². The van der Waals surface area contributed by atoms with Gasteiger partial charge in [0.25, 0.3) is 0 Å². The lowest BCUT2D eigenvalue weighted by Crippen LogP contribution is -2.53. The first-order chi connectivity index (χ1) is 13.2. The summed E-state index contributed by atoms with van der Waals surface area (Å²) in [6.45, 7) is 5.63. The molecule has 3 aliphatic heterocycles. The van der Waals surface area contributed by atoms with Crippen molar-refractivity contribution in [3.8, 4) is 11.3 Å². The van der Waals surface area contributed by atoms with Crippen LogP contribution in [-0.4, -0.2) is 53.1 Å². The van der Waals surface area contributed by atoms with E-state index in [0.717, 1.165) is 73.9 Å². The number of carbonyl (C=O) groups excluding carboxylic acids is 1. The lowest BCUT2D eigenvalue weighted by atomic mass is 10.1. The van der Waals surface area contributed by atoms with Gasteiger partial charge in [0, 0.05) is 43.6 Å². The normalized spacial score (nSPS) is 21.4. The molecule has 5 rings (SSSR count). The van der Waals surface area contributed by atoms with Gasteiger partial charge in [0.15, 0.2) is 5.82 Å². The molecule has 3 aliphatic rings. The molecule has 6 heteroatoms. The Hall–Kier alpha value is -2.63. The quantitative estimate of drug-likeness (QED) is 0.779. The van der Waals surface area contributed by atoms with E-state index in [0.29, 0.717) is 0 Å². The van der Waals surface area contributed by atoms with Crippen LogP contribution >= 0.6 is 0 Å². The first kappa shape index (κ1) is 16.5. The standard InChI is InChI=1S/C21H25N5O/c1-15-13-16(7-9-22-15)18-5-6-19-20(23-18)26(17-8-12-25(19)14-17)21(27)24-10-3-2-4-11-24/h5-7,9,13,17H,2-4,8,10-12,14H2,1H3/t17-/m0/s1. The second-order valence-corrected chi connectivity index (χ2v) is 7.81. The zero-order valence-electron chi connectivity index (χ0n) is 15.8. The Kier molecular flexibility index (Phi) is 3.99. The minimum Gasteiger partial charge on any atom is -0.366 e. The van der Waals surface area contributed by atoms with Crippen molar-refractivity contribution < 1.29 is 4.79 Å². The molecule has 0 unspecified atom stereocenters. The van der Waals surface area contributed by atoms with Crippen LogP contribution in [0.25, 0.3) is 11.3 Å². The number of aromatic nitrogens is 2. The maximum atomic E-state index is 13.4. The largest absolute Gasteiger partial charge is 0.366 e. The van der Waals surface area contributed by atoms with Crippen molar-refractivity contribution in [2.45, 2.75) is 38.6 Å². The zero-order chi connectivity index (χ0) is 18.4. The molecule has 1 atom stereocenters. The molecule has 2 bridgehead atoms. The molecule has 2 saturated heterocycles. The van der Waals surface area contributed by atoms with Gasteiger partial charge in [0.2, 0.25) is 0 Å². The molecular formula is C21H25N5O. The van der Waals surface area contributed by atoms with E-state index >= 15 is 0 Å². The summed E-state index contributed by atoms with van der Waals surface area (Å²) in [4.78, 5) is 29.0. The lowest BCUT2D eigenvalue weighted by Gasteiger charge is -2.39. The van der Waals surface area contributed by atoms with Crippen LogP contribution < -0.4 is 9.80 Å². The van der Waals surface area contributed by atoms with Crippen LogP contribution in [0.5, 0.6) is 0 Å². The van der Waals surface area contributed by atoms with Crippen LogP contribution in [0, 0.1) is 6.92 Å². The van der Waals surface area contributed by atoms with Gasteiger partial charge in [-0.25, -0.2) is 9.78 Å². The summed E-state index contributed by atoms with van der Waals surface area (Å²) in [5.41, 5.74) is 4.00. The Morgan fingerprint density at radius 1 is 1.11 bits per heavy atom. The average molecular weight is 363 g/mol. The van der Waals surface area contributed by atoms with Gasteiger partial charge in [-0.2, -0.15) is 0 Å². The van der Waals surface area contributed by atoms with Gasteiger partial charge < -0.3 is 9.80 Å². The first-order valence-electron chi connectivity index (χ1n) is 9.98. The number of urea groups is 1. The molecule has 27 heavy (non-hydrogen) atoms. The Balaban J connectivity index is 1.56. The number of pyridine rings is 2. The van der Waals surface area contributed by atoms with Crippen LogP contribution in [0.15, 0.2) is 30.5 Å². The van der Waals surface area contributed by atoms with Gasteiger partial charge in [-0.1, -0.05) is 0 Å². The SMILES string of the molecule is Cc1cc(-c2ccc3c(n2)N(C(=O)N2CCCCC2)[C@H]2CCN3C2)ccn1. The molecule has 2 aromatic heterocycles. The fourth-order valence-electron chi connectivity index (χ4n) is 4.56. The number of amides is 2. The summed E-state index contributed by atoms with van der Waals surface area (Å²) in [5, 5.41) is 0. The van der Waals surface area contributed by atoms with E-state index in [1.807, 2.05) is 35.1 Å². The van der Waals surface area contributed by atoms with Crippen molar-refractivity contribution in [1.82, 2.24) is 14.9 Å². The Morgan fingerprint density at radius 2 is 1.96 bits per heavy atom. The lowest BCUT2D eigenvalue weighted by molar-refractivity contribution is 0.190. The third kappa shape index (κ3) is 2.83. The van der Waals surface area contributed by atoms with Crippen molar-refractivity contribution in [2.24, 2.45) is 0 Å². The topological polar surface area (TPSA) is 52.6 Å². The molecule has 2 aromatic rings. The number of rotatable bonds is 1. The van der Waals surface area contributed by atoms with E-state index in [2.05, 4.69) is 22.0 Å². The molecule has 0 aliphatic carbocycles. The minimum atomic E-state index is 0.137. The zero-order valence-corrected chi connectivity index (χ0v) is 15.8. The highest BCUT2D eigenvalue weighted by Gasteiger charge is 2.41. The van der Waals surface area contributed by atoms with Gasteiger partial charge in [0.1, 0.15) is 0 Å². The third-order valence-electron chi connectivity index (χ3n) is 5.98. The molecule has 2 amide bonds. The van der Waals surface area contributed by atoms with E-state index in [1.54, 1.807) is 0 Å². The molecule has 0 radical (unpaired) electrons. The number of nitrogens with zero attached hydrogens (tertiary/aromatic N) is 5. The van der Waals surface area contributed by atoms with Crippen LogP contribution in [0.3, 0.4) is 0 Å². The van der Waals surface area contributed by atoms with Gasteiger partial charge in [-0.15, -0.1) is 0 Å². The summed E-state index contributed by atoms with van der Waals surface area (Å²) < 4.78 is 0. The highest BCUT2D eigenvalue weighted by atomic mass is 16.2. The molecule has 0 spiro atoms. The average Bonchev–Trinajstić information content (AvgIpc) is 3.13. The Morgan fingerprint density at radius 3 is 2.78 bits per heavy atom. The number of piperidine rings is 1. The number of carbonyl (C=O) groups is 1. The second kappa shape index (κ2) is 6.51. The summed E-state index contributed by atoms with van der Waals surface area (Å²) in [6.07, 6.45) is 6.26. The summed E-state index contributed by atoms with van der Waals surface area (Å²) in [5.74, 6) is 0.825. The molecule has 0 N–H and O–H groups in total. The van der Waals surface area contributed by atoms with Crippen LogP contribution in [0.1, 0.15) is 31.4 Å². The van der Waals surface area contributed by atoms with Gasteiger partial charge in [0.05, 0.1) is 17.4 Å². The number of anilines is 2. The fraction of sp³-hybridized carbons (Fsp3) is 0.476. The van der Waals surface area contributed by atoms with Crippen molar-refractivity contribution in [2.75, 3.05) is 36.0 Å². The number of hydrogen-bond acceptors (Lipinski definition) is 4. The van der Waals surface area contributed by atoms with Crippen LogP contribution in [-0.2, 0) is 0 Å². The van der Waals surface area contributed by atoms with E-state index < -0.39 is 0 Å². The van der Waals surface area contributed by atoms with E-state index in [4.69, 9.17) is 4.98 Å². The van der Waals surface area contributed by atoms with E-state index in [1.165, 1.54) is 6.42 Å². The molecule has 140 valence electrons. The van der Waals surface area contributed by atoms with Crippen molar-refractivity contribution in [1.29, 1.82) is 0 Å². The molecule has 0 saturated carbocycles. The third-order valence-corrected chi connectivity index (χ3v) is 5.98. The highest BCUT2D eigenvalue weighted by Crippen LogP contribution is 2.40. The highest BCUT2D eigenvalue weighted by molar-refractivity contribution is 5.97.